The highest BCUT2D eigenvalue weighted by Crippen LogP contribution is 2.35. The van der Waals surface area contributed by atoms with Gasteiger partial charge in [-0.1, -0.05) is 0 Å². The second-order valence-electron chi connectivity index (χ2n) is 4.45. The standard InChI is InChI=1S/C14H16N2O4/c1-16(2)11-7-10(14(17)18)15-13-9(11)5-8(19-3)6-12(13)20-4/h5-7H,1-4H3,(H,17,18). The Kier molecular flexibility index (Phi) is 3.65. The summed E-state index contributed by atoms with van der Waals surface area (Å²) in [7, 11) is 6.76. The van der Waals surface area contributed by atoms with E-state index < -0.39 is 5.97 Å². The van der Waals surface area contributed by atoms with Crippen molar-refractivity contribution in [3.8, 4) is 11.5 Å². The quantitative estimate of drug-likeness (QED) is 0.921. The Morgan fingerprint density at radius 2 is 1.90 bits per heavy atom. The van der Waals surface area contributed by atoms with Crippen LogP contribution in [0.4, 0.5) is 5.69 Å². The van der Waals surface area contributed by atoms with Crippen LogP contribution in [0.2, 0.25) is 0 Å². The van der Waals surface area contributed by atoms with Gasteiger partial charge in [0, 0.05) is 31.2 Å². The van der Waals surface area contributed by atoms with E-state index in [-0.39, 0.29) is 5.69 Å². The molecule has 0 atom stereocenters. The summed E-state index contributed by atoms with van der Waals surface area (Å²) in [6.45, 7) is 0. The Morgan fingerprint density at radius 3 is 2.40 bits per heavy atom. The van der Waals surface area contributed by atoms with Crippen LogP contribution in [0.25, 0.3) is 10.9 Å². The summed E-state index contributed by atoms with van der Waals surface area (Å²) >= 11 is 0. The maximum Gasteiger partial charge on any atom is 0.354 e. The number of aromatic carboxylic acids is 1. The first-order valence-electron chi connectivity index (χ1n) is 5.95. The van der Waals surface area contributed by atoms with Crippen molar-refractivity contribution in [2.24, 2.45) is 0 Å². The van der Waals surface area contributed by atoms with E-state index in [0.717, 1.165) is 11.1 Å². The molecule has 0 bridgehead atoms. The number of hydrogen-bond acceptors (Lipinski definition) is 5. The number of nitrogens with zero attached hydrogens (tertiary/aromatic N) is 2. The molecule has 0 spiro atoms. The van der Waals surface area contributed by atoms with Crippen molar-refractivity contribution in [1.29, 1.82) is 0 Å². The summed E-state index contributed by atoms with van der Waals surface area (Å²) in [5, 5.41) is 9.94. The number of carboxylic acid groups (broad SMARTS) is 1. The molecular formula is C14H16N2O4. The number of carbonyl (C=O) groups is 1. The molecule has 0 unspecified atom stereocenters. The van der Waals surface area contributed by atoms with Crippen LogP contribution >= 0.6 is 0 Å². The molecule has 1 N–H and O–H groups in total. The van der Waals surface area contributed by atoms with Gasteiger partial charge in [-0.05, 0) is 12.1 Å². The number of benzene rings is 1. The Hall–Kier alpha value is -2.50. The number of fused-ring (bicyclic) bond motifs is 1. The molecule has 0 saturated heterocycles. The Balaban J connectivity index is 2.88. The van der Waals surface area contributed by atoms with Crippen molar-refractivity contribution in [2.45, 2.75) is 0 Å². The van der Waals surface area contributed by atoms with Crippen LogP contribution in [-0.2, 0) is 0 Å². The van der Waals surface area contributed by atoms with Gasteiger partial charge in [0.2, 0.25) is 0 Å². The third-order valence-electron chi connectivity index (χ3n) is 2.99. The fraction of sp³-hybridized carbons (Fsp3) is 0.286. The fourth-order valence-electron chi connectivity index (χ4n) is 2.01. The second kappa shape index (κ2) is 5.24. The monoisotopic (exact) mass is 276 g/mol. The normalized spacial score (nSPS) is 10.4. The maximum absolute atomic E-state index is 11.2. The zero-order valence-corrected chi connectivity index (χ0v) is 11.8. The number of rotatable bonds is 4. The Bertz CT molecular complexity index is 668. The first-order valence-corrected chi connectivity index (χ1v) is 5.95. The van der Waals surface area contributed by atoms with E-state index in [1.165, 1.54) is 13.2 Å². The highest BCUT2D eigenvalue weighted by Gasteiger charge is 2.16. The number of carboxylic acids is 1. The van der Waals surface area contributed by atoms with Crippen molar-refractivity contribution >= 4 is 22.6 Å². The molecule has 106 valence electrons. The van der Waals surface area contributed by atoms with Crippen LogP contribution in [0, 0.1) is 0 Å². The SMILES string of the molecule is COc1cc(OC)c2nc(C(=O)O)cc(N(C)C)c2c1. The molecule has 6 heteroatoms. The number of aromatic nitrogens is 1. The molecular weight excluding hydrogens is 260 g/mol. The Labute approximate surface area is 116 Å². The van der Waals surface area contributed by atoms with Gasteiger partial charge >= 0.3 is 5.97 Å². The van der Waals surface area contributed by atoms with Crippen molar-refractivity contribution in [3.63, 3.8) is 0 Å². The lowest BCUT2D eigenvalue weighted by atomic mass is 10.1. The lowest BCUT2D eigenvalue weighted by Gasteiger charge is -2.18. The summed E-state index contributed by atoms with van der Waals surface area (Å²) in [5.41, 5.74) is 1.21. The molecule has 1 heterocycles. The summed E-state index contributed by atoms with van der Waals surface area (Å²) in [5.74, 6) is 0.0285. The number of methoxy groups -OCH3 is 2. The minimum absolute atomic E-state index is 0.0235. The predicted octanol–water partition coefficient (Wildman–Crippen LogP) is 2.02. The first kappa shape index (κ1) is 13.9. The first-order chi connectivity index (χ1) is 9.47. The van der Waals surface area contributed by atoms with Crippen LogP contribution < -0.4 is 14.4 Å². The Morgan fingerprint density at radius 1 is 1.20 bits per heavy atom. The van der Waals surface area contributed by atoms with E-state index >= 15 is 0 Å². The van der Waals surface area contributed by atoms with E-state index in [1.54, 1.807) is 13.2 Å². The van der Waals surface area contributed by atoms with Gasteiger partial charge in [0.05, 0.1) is 14.2 Å². The van der Waals surface area contributed by atoms with Gasteiger partial charge < -0.3 is 19.5 Å². The smallest absolute Gasteiger partial charge is 0.354 e. The van der Waals surface area contributed by atoms with Crippen molar-refractivity contribution < 1.29 is 19.4 Å². The van der Waals surface area contributed by atoms with Crippen LogP contribution in [0.5, 0.6) is 11.5 Å². The van der Waals surface area contributed by atoms with Gasteiger partial charge in [-0.15, -0.1) is 0 Å². The zero-order valence-electron chi connectivity index (χ0n) is 11.8. The van der Waals surface area contributed by atoms with Gasteiger partial charge in [-0.25, -0.2) is 9.78 Å². The van der Waals surface area contributed by atoms with Gasteiger partial charge in [-0.3, -0.25) is 0 Å². The van der Waals surface area contributed by atoms with E-state index in [0.29, 0.717) is 17.0 Å². The third kappa shape index (κ3) is 2.32. The minimum Gasteiger partial charge on any atom is -0.497 e. The number of ether oxygens (including phenoxy) is 2. The average Bonchev–Trinajstić information content (AvgIpc) is 2.44. The third-order valence-corrected chi connectivity index (χ3v) is 2.99. The number of hydrogen-bond donors (Lipinski definition) is 1. The summed E-state index contributed by atoms with van der Waals surface area (Å²) in [6.07, 6.45) is 0. The largest absolute Gasteiger partial charge is 0.497 e. The highest BCUT2D eigenvalue weighted by atomic mass is 16.5. The second-order valence-corrected chi connectivity index (χ2v) is 4.45. The summed E-state index contributed by atoms with van der Waals surface area (Å²) in [4.78, 5) is 17.2. The van der Waals surface area contributed by atoms with E-state index in [2.05, 4.69) is 4.98 Å². The van der Waals surface area contributed by atoms with Crippen molar-refractivity contribution in [3.05, 3.63) is 23.9 Å². The topological polar surface area (TPSA) is 71.9 Å². The molecule has 0 fully saturated rings. The molecule has 0 saturated carbocycles. The molecule has 1 aromatic heterocycles. The van der Waals surface area contributed by atoms with E-state index in [9.17, 15) is 4.79 Å². The molecule has 0 radical (unpaired) electrons. The average molecular weight is 276 g/mol. The molecule has 2 rings (SSSR count). The predicted molar refractivity (Wildman–Crippen MR) is 76.1 cm³/mol. The van der Waals surface area contributed by atoms with Gasteiger partial charge in [0.25, 0.3) is 0 Å². The van der Waals surface area contributed by atoms with Crippen molar-refractivity contribution in [2.75, 3.05) is 33.2 Å². The molecule has 20 heavy (non-hydrogen) atoms. The number of pyridine rings is 1. The summed E-state index contributed by atoms with van der Waals surface area (Å²) < 4.78 is 10.5. The van der Waals surface area contributed by atoms with Crippen LogP contribution in [0.3, 0.4) is 0 Å². The molecule has 0 aliphatic rings. The lowest BCUT2D eigenvalue weighted by molar-refractivity contribution is 0.0691. The number of anilines is 1. The molecule has 1 aromatic carbocycles. The lowest BCUT2D eigenvalue weighted by Crippen LogP contribution is -2.12. The van der Waals surface area contributed by atoms with Gasteiger partial charge in [0.1, 0.15) is 17.0 Å². The molecule has 2 aromatic rings. The van der Waals surface area contributed by atoms with Gasteiger partial charge in [0.15, 0.2) is 5.69 Å². The summed E-state index contributed by atoms with van der Waals surface area (Å²) in [6, 6.07) is 5.02. The molecule has 0 aliphatic heterocycles. The van der Waals surface area contributed by atoms with Crippen molar-refractivity contribution in [1.82, 2.24) is 4.98 Å². The minimum atomic E-state index is -1.08. The fourth-order valence-corrected chi connectivity index (χ4v) is 2.01. The van der Waals surface area contributed by atoms with Gasteiger partial charge in [-0.2, -0.15) is 0 Å². The highest BCUT2D eigenvalue weighted by molar-refractivity contribution is 6.00. The zero-order chi connectivity index (χ0) is 14.9. The van der Waals surface area contributed by atoms with E-state index in [1.807, 2.05) is 25.1 Å². The van der Waals surface area contributed by atoms with Crippen LogP contribution in [0.15, 0.2) is 18.2 Å². The van der Waals surface area contributed by atoms with Crippen LogP contribution in [0.1, 0.15) is 10.5 Å². The molecule has 0 aliphatic carbocycles. The molecule has 0 amide bonds. The van der Waals surface area contributed by atoms with E-state index in [4.69, 9.17) is 14.6 Å². The van der Waals surface area contributed by atoms with Crippen LogP contribution in [-0.4, -0.2) is 44.4 Å². The maximum atomic E-state index is 11.2. The molecule has 6 nitrogen and oxygen atoms in total.